The molecule has 1 amide bonds. The smallest absolute Gasteiger partial charge is 0.230 e. The lowest BCUT2D eigenvalue weighted by molar-refractivity contribution is -0.119. The number of hydrogen-bond donors (Lipinski definition) is 1. The van der Waals surface area contributed by atoms with Gasteiger partial charge in [-0.2, -0.15) is 0 Å². The second-order valence-corrected chi connectivity index (χ2v) is 7.86. The summed E-state index contributed by atoms with van der Waals surface area (Å²) >= 11 is 13.5. The highest BCUT2D eigenvalue weighted by atomic mass is 35.5. The van der Waals surface area contributed by atoms with E-state index in [1.807, 2.05) is 72.8 Å². The lowest BCUT2D eigenvalue weighted by atomic mass is 9.99. The molecule has 0 unspecified atom stereocenters. The van der Waals surface area contributed by atoms with Crippen LogP contribution in [0.2, 0.25) is 10.0 Å². The van der Waals surface area contributed by atoms with Crippen LogP contribution in [0.4, 0.5) is 0 Å². The Morgan fingerprint density at radius 3 is 2.00 bits per heavy atom. The van der Waals surface area contributed by atoms with Crippen molar-refractivity contribution in [3.05, 3.63) is 106 Å². The zero-order valence-electron chi connectivity index (χ0n) is 14.6. The first-order chi connectivity index (χ1) is 13.1. The van der Waals surface area contributed by atoms with Gasteiger partial charge in [0.1, 0.15) is 0 Å². The van der Waals surface area contributed by atoms with Gasteiger partial charge < -0.3 is 5.32 Å². The number of halogens is 2. The van der Waals surface area contributed by atoms with Gasteiger partial charge in [0.2, 0.25) is 5.91 Å². The van der Waals surface area contributed by atoms with E-state index in [1.165, 1.54) is 0 Å². The van der Waals surface area contributed by atoms with Gasteiger partial charge in [0.15, 0.2) is 0 Å². The maximum atomic E-state index is 12.5. The number of hydrogen-bond acceptors (Lipinski definition) is 2. The van der Waals surface area contributed by atoms with Crippen molar-refractivity contribution in [2.75, 3.05) is 5.75 Å². The highest BCUT2D eigenvalue weighted by Crippen LogP contribution is 2.25. The summed E-state index contributed by atoms with van der Waals surface area (Å²) in [5, 5.41) is 4.22. The van der Waals surface area contributed by atoms with Gasteiger partial charge >= 0.3 is 0 Å². The molecular formula is C22H19Cl2NOS. The van der Waals surface area contributed by atoms with E-state index in [2.05, 4.69) is 5.32 Å². The Morgan fingerprint density at radius 1 is 0.852 bits per heavy atom. The van der Waals surface area contributed by atoms with Crippen molar-refractivity contribution in [1.82, 2.24) is 5.32 Å². The summed E-state index contributed by atoms with van der Waals surface area (Å²) in [7, 11) is 0. The molecule has 138 valence electrons. The molecule has 27 heavy (non-hydrogen) atoms. The molecule has 0 aromatic heterocycles. The summed E-state index contributed by atoms with van der Waals surface area (Å²) in [6, 6.07) is 25.4. The summed E-state index contributed by atoms with van der Waals surface area (Å²) in [6.07, 6.45) is 0. The van der Waals surface area contributed by atoms with Crippen molar-refractivity contribution < 1.29 is 4.79 Å². The van der Waals surface area contributed by atoms with E-state index in [9.17, 15) is 4.79 Å². The van der Waals surface area contributed by atoms with Gasteiger partial charge in [0.05, 0.1) is 21.8 Å². The fourth-order valence-electron chi connectivity index (χ4n) is 2.74. The molecule has 0 aliphatic carbocycles. The minimum Gasteiger partial charge on any atom is -0.344 e. The molecule has 0 bridgehead atoms. The fraction of sp³-hybridized carbons (Fsp3) is 0.136. The van der Waals surface area contributed by atoms with Crippen LogP contribution in [0.3, 0.4) is 0 Å². The Balaban J connectivity index is 1.62. The Hall–Kier alpha value is -1.94. The summed E-state index contributed by atoms with van der Waals surface area (Å²) in [5.41, 5.74) is 3.17. The van der Waals surface area contributed by atoms with Gasteiger partial charge in [-0.15, -0.1) is 11.8 Å². The molecule has 3 rings (SSSR count). The monoisotopic (exact) mass is 415 g/mol. The van der Waals surface area contributed by atoms with Gasteiger partial charge in [-0.3, -0.25) is 4.79 Å². The maximum Gasteiger partial charge on any atom is 0.230 e. The maximum absolute atomic E-state index is 12.5. The molecule has 0 aliphatic rings. The summed E-state index contributed by atoms with van der Waals surface area (Å²) in [6.45, 7) is 0. The van der Waals surface area contributed by atoms with E-state index in [1.54, 1.807) is 17.8 Å². The highest BCUT2D eigenvalue weighted by molar-refractivity contribution is 7.99. The summed E-state index contributed by atoms with van der Waals surface area (Å²) < 4.78 is 0. The molecule has 2 nitrogen and oxygen atoms in total. The Labute approximate surface area is 173 Å². The van der Waals surface area contributed by atoms with Gasteiger partial charge in [0.25, 0.3) is 0 Å². The molecule has 1 N–H and O–H groups in total. The van der Waals surface area contributed by atoms with Crippen molar-refractivity contribution in [3.63, 3.8) is 0 Å². The zero-order valence-corrected chi connectivity index (χ0v) is 16.9. The molecular weight excluding hydrogens is 397 g/mol. The first-order valence-electron chi connectivity index (χ1n) is 8.54. The van der Waals surface area contributed by atoms with Gasteiger partial charge in [0, 0.05) is 5.75 Å². The Kier molecular flexibility index (Phi) is 7.22. The van der Waals surface area contributed by atoms with Crippen LogP contribution in [-0.2, 0) is 10.5 Å². The molecule has 3 aromatic rings. The van der Waals surface area contributed by atoms with E-state index < -0.39 is 0 Å². The molecule has 0 atom stereocenters. The average molecular weight is 416 g/mol. The normalized spacial score (nSPS) is 10.8. The molecule has 0 heterocycles. The van der Waals surface area contributed by atoms with Crippen LogP contribution in [0.5, 0.6) is 0 Å². The van der Waals surface area contributed by atoms with Crippen LogP contribution in [0.1, 0.15) is 22.7 Å². The molecule has 0 spiro atoms. The largest absolute Gasteiger partial charge is 0.344 e. The number of amides is 1. The van der Waals surface area contributed by atoms with Gasteiger partial charge in [-0.25, -0.2) is 0 Å². The third-order valence-electron chi connectivity index (χ3n) is 4.06. The topological polar surface area (TPSA) is 29.1 Å². The number of nitrogens with one attached hydrogen (secondary N) is 1. The van der Waals surface area contributed by atoms with Crippen molar-refractivity contribution >= 4 is 40.9 Å². The highest BCUT2D eigenvalue weighted by Gasteiger charge is 2.16. The lowest BCUT2D eigenvalue weighted by Gasteiger charge is -2.20. The molecule has 5 heteroatoms. The van der Waals surface area contributed by atoms with Crippen molar-refractivity contribution in [2.45, 2.75) is 11.8 Å². The van der Waals surface area contributed by atoms with E-state index in [-0.39, 0.29) is 11.9 Å². The van der Waals surface area contributed by atoms with Crippen LogP contribution in [0.15, 0.2) is 78.9 Å². The van der Waals surface area contributed by atoms with Gasteiger partial charge in [-0.05, 0) is 28.8 Å². The predicted molar refractivity (Wildman–Crippen MR) is 115 cm³/mol. The second kappa shape index (κ2) is 9.84. The van der Waals surface area contributed by atoms with Crippen molar-refractivity contribution in [2.24, 2.45) is 0 Å². The van der Waals surface area contributed by atoms with Crippen LogP contribution in [0.25, 0.3) is 0 Å². The molecule has 0 saturated heterocycles. The first-order valence-corrected chi connectivity index (χ1v) is 10.5. The van der Waals surface area contributed by atoms with Crippen molar-refractivity contribution in [1.29, 1.82) is 0 Å². The first kappa shape index (κ1) is 19.8. The van der Waals surface area contributed by atoms with Crippen molar-refractivity contribution in [3.8, 4) is 0 Å². The summed E-state index contributed by atoms with van der Waals surface area (Å²) in [5.74, 6) is 1.07. The molecule has 0 fully saturated rings. The molecule has 0 aliphatic heterocycles. The molecule has 0 radical (unpaired) electrons. The number of carbonyl (C=O) groups excluding carboxylic acids is 1. The Morgan fingerprint density at radius 2 is 1.44 bits per heavy atom. The van der Waals surface area contributed by atoms with E-state index in [0.29, 0.717) is 21.6 Å². The zero-order chi connectivity index (χ0) is 19.1. The number of rotatable bonds is 7. The van der Waals surface area contributed by atoms with Crippen LogP contribution < -0.4 is 5.32 Å². The average Bonchev–Trinajstić information content (AvgIpc) is 2.70. The van der Waals surface area contributed by atoms with E-state index in [0.717, 1.165) is 16.7 Å². The number of thioether (sulfide) groups is 1. The number of carbonyl (C=O) groups is 1. The second-order valence-electron chi connectivity index (χ2n) is 6.06. The van der Waals surface area contributed by atoms with E-state index in [4.69, 9.17) is 23.2 Å². The standard InChI is InChI=1S/C22H19Cl2NOS/c23-19-12-11-16(13-20(19)24)14-27-15-21(26)25-22(17-7-3-1-4-8-17)18-9-5-2-6-10-18/h1-13,22H,14-15H2,(H,25,26). The number of benzene rings is 3. The van der Waals surface area contributed by atoms with Crippen LogP contribution in [0, 0.1) is 0 Å². The predicted octanol–water partition coefficient (Wildman–Crippen LogP) is 6.13. The minimum atomic E-state index is -0.162. The van der Waals surface area contributed by atoms with Gasteiger partial charge in [-0.1, -0.05) is 89.9 Å². The quantitative estimate of drug-likeness (QED) is 0.502. The fourth-order valence-corrected chi connectivity index (χ4v) is 3.85. The SMILES string of the molecule is O=C(CSCc1ccc(Cl)c(Cl)c1)NC(c1ccccc1)c1ccccc1. The lowest BCUT2D eigenvalue weighted by Crippen LogP contribution is -2.30. The molecule has 3 aromatic carbocycles. The minimum absolute atomic E-state index is 0.00207. The third-order valence-corrected chi connectivity index (χ3v) is 5.80. The third kappa shape index (κ3) is 5.77. The summed E-state index contributed by atoms with van der Waals surface area (Å²) in [4.78, 5) is 12.5. The molecule has 0 saturated carbocycles. The van der Waals surface area contributed by atoms with Crippen LogP contribution >= 0.6 is 35.0 Å². The van der Waals surface area contributed by atoms with Crippen LogP contribution in [-0.4, -0.2) is 11.7 Å². The Bertz CT molecular complexity index is 848. The van der Waals surface area contributed by atoms with E-state index >= 15 is 0 Å².